The van der Waals surface area contributed by atoms with E-state index in [-0.39, 0.29) is 0 Å². The molecule has 0 radical (unpaired) electrons. The first-order chi connectivity index (χ1) is 4.19. The lowest BCUT2D eigenvalue weighted by Gasteiger charge is -2.34. The second-order valence-electron chi connectivity index (χ2n) is 2.94. The van der Waals surface area contributed by atoms with Gasteiger partial charge in [-0.3, -0.25) is 0 Å². The van der Waals surface area contributed by atoms with Gasteiger partial charge in [0.25, 0.3) is 0 Å². The third-order valence-electron chi connectivity index (χ3n) is 1.80. The maximum atomic E-state index is 9.18. The molecule has 0 heterocycles. The van der Waals surface area contributed by atoms with E-state index in [1.165, 1.54) is 0 Å². The van der Waals surface area contributed by atoms with Crippen LogP contribution in [0.25, 0.3) is 0 Å². The number of rotatable bonds is 2. The Kier molecular flexibility index (Phi) is 2.43. The summed E-state index contributed by atoms with van der Waals surface area (Å²) in [7, 11) is 0. The van der Waals surface area contributed by atoms with Gasteiger partial charge in [-0.2, -0.15) is 0 Å². The quantitative estimate of drug-likeness (QED) is 0.381. The molecular formula is C6H14O4. The monoisotopic (exact) mass is 150 g/mol. The van der Waals surface area contributed by atoms with Crippen molar-refractivity contribution < 1.29 is 20.4 Å². The highest BCUT2D eigenvalue weighted by atomic mass is 16.7. The SMILES string of the molecule is CC(C)C(C)(O)C(O)(O)O. The van der Waals surface area contributed by atoms with E-state index in [9.17, 15) is 5.11 Å². The molecule has 0 aliphatic rings. The predicted molar refractivity (Wildman–Crippen MR) is 34.8 cm³/mol. The smallest absolute Gasteiger partial charge is 0.305 e. The summed E-state index contributed by atoms with van der Waals surface area (Å²) < 4.78 is 0. The average Bonchev–Trinajstić information content (AvgIpc) is 1.62. The Morgan fingerprint density at radius 2 is 1.30 bits per heavy atom. The molecule has 0 bridgehead atoms. The van der Waals surface area contributed by atoms with E-state index in [0.29, 0.717) is 0 Å². The topological polar surface area (TPSA) is 80.9 Å². The van der Waals surface area contributed by atoms with Gasteiger partial charge in [0.1, 0.15) is 5.60 Å². The normalized spacial score (nSPS) is 19.2. The van der Waals surface area contributed by atoms with E-state index in [4.69, 9.17) is 15.3 Å². The molecule has 0 aromatic rings. The van der Waals surface area contributed by atoms with E-state index >= 15 is 0 Å². The van der Waals surface area contributed by atoms with Crippen molar-refractivity contribution in [2.24, 2.45) is 5.92 Å². The van der Waals surface area contributed by atoms with Gasteiger partial charge in [-0.1, -0.05) is 13.8 Å². The van der Waals surface area contributed by atoms with Crippen LogP contribution < -0.4 is 0 Å². The summed E-state index contributed by atoms with van der Waals surface area (Å²) in [6, 6.07) is 0. The van der Waals surface area contributed by atoms with Gasteiger partial charge in [0.2, 0.25) is 0 Å². The summed E-state index contributed by atoms with van der Waals surface area (Å²) in [5.41, 5.74) is -1.90. The van der Waals surface area contributed by atoms with Gasteiger partial charge in [0.15, 0.2) is 0 Å². The van der Waals surface area contributed by atoms with Crippen LogP contribution in [0.3, 0.4) is 0 Å². The molecule has 0 aromatic carbocycles. The molecule has 1 atom stereocenters. The van der Waals surface area contributed by atoms with Gasteiger partial charge < -0.3 is 20.4 Å². The van der Waals surface area contributed by atoms with Crippen LogP contribution in [0.2, 0.25) is 0 Å². The van der Waals surface area contributed by atoms with E-state index in [1.807, 2.05) is 0 Å². The van der Waals surface area contributed by atoms with Gasteiger partial charge in [-0.25, -0.2) is 0 Å². The molecule has 4 N–H and O–H groups in total. The largest absolute Gasteiger partial charge is 0.381 e. The van der Waals surface area contributed by atoms with Crippen molar-refractivity contribution in [1.29, 1.82) is 0 Å². The minimum Gasteiger partial charge on any atom is -0.381 e. The van der Waals surface area contributed by atoms with Gasteiger partial charge >= 0.3 is 5.97 Å². The molecule has 0 amide bonds. The minimum absolute atomic E-state index is 0.438. The van der Waals surface area contributed by atoms with Crippen LogP contribution in [-0.4, -0.2) is 32.0 Å². The molecule has 0 rings (SSSR count). The van der Waals surface area contributed by atoms with Crippen LogP contribution >= 0.6 is 0 Å². The fraction of sp³-hybridized carbons (Fsp3) is 1.00. The highest BCUT2D eigenvalue weighted by Crippen LogP contribution is 2.24. The van der Waals surface area contributed by atoms with Crippen molar-refractivity contribution >= 4 is 0 Å². The summed E-state index contributed by atoms with van der Waals surface area (Å²) >= 11 is 0. The fourth-order valence-corrected chi connectivity index (χ4v) is 0.387. The highest BCUT2D eigenvalue weighted by molar-refractivity contribution is 4.82. The van der Waals surface area contributed by atoms with Gasteiger partial charge in [0, 0.05) is 0 Å². The van der Waals surface area contributed by atoms with Crippen molar-refractivity contribution in [3.8, 4) is 0 Å². The first kappa shape index (κ1) is 9.84. The Labute approximate surface area is 59.7 Å². The Morgan fingerprint density at radius 3 is 1.30 bits per heavy atom. The van der Waals surface area contributed by atoms with Crippen molar-refractivity contribution in [3.05, 3.63) is 0 Å². The Morgan fingerprint density at radius 1 is 1.00 bits per heavy atom. The maximum absolute atomic E-state index is 9.18. The van der Waals surface area contributed by atoms with Crippen LogP contribution in [0, 0.1) is 5.92 Å². The number of aliphatic hydroxyl groups is 4. The molecule has 1 unspecified atom stereocenters. The molecule has 0 saturated heterocycles. The fourth-order valence-electron chi connectivity index (χ4n) is 0.387. The molecule has 62 valence electrons. The van der Waals surface area contributed by atoms with Crippen LogP contribution in [0.4, 0.5) is 0 Å². The molecule has 0 aliphatic carbocycles. The summed E-state index contributed by atoms with van der Waals surface area (Å²) in [5.74, 6) is -3.46. The highest BCUT2D eigenvalue weighted by Gasteiger charge is 2.45. The average molecular weight is 150 g/mol. The molecule has 4 nitrogen and oxygen atoms in total. The Balaban J connectivity index is 4.40. The first-order valence-corrected chi connectivity index (χ1v) is 3.09. The predicted octanol–water partition coefficient (Wildman–Crippen LogP) is -0.976. The Hall–Kier alpha value is -0.160. The molecule has 0 aliphatic heterocycles. The van der Waals surface area contributed by atoms with Crippen LogP contribution in [0.1, 0.15) is 20.8 Å². The number of hydrogen-bond acceptors (Lipinski definition) is 4. The molecule has 0 saturated carbocycles. The molecular weight excluding hydrogens is 136 g/mol. The van der Waals surface area contributed by atoms with Gasteiger partial charge in [0.05, 0.1) is 0 Å². The standard InChI is InChI=1S/C6H14O4/c1-4(2)5(3,7)6(8,9)10/h4,7-10H,1-3H3. The zero-order chi connectivity index (χ0) is 8.58. The van der Waals surface area contributed by atoms with Crippen molar-refractivity contribution in [1.82, 2.24) is 0 Å². The molecule has 0 spiro atoms. The van der Waals surface area contributed by atoms with E-state index < -0.39 is 17.5 Å². The van der Waals surface area contributed by atoms with Crippen molar-refractivity contribution in [2.75, 3.05) is 0 Å². The molecule has 0 fully saturated rings. The first-order valence-electron chi connectivity index (χ1n) is 3.09. The third kappa shape index (κ3) is 1.67. The van der Waals surface area contributed by atoms with Crippen LogP contribution in [0.15, 0.2) is 0 Å². The second-order valence-corrected chi connectivity index (χ2v) is 2.94. The van der Waals surface area contributed by atoms with E-state index in [0.717, 1.165) is 6.92 Å². The number of hydrogen-bond donors (Lipinski definition) is 4. The zero-order valence-electron chi connectivity index (χ0n) is 6.37. The Bertz CT molecular complexity index is 111. The lowest BCUT2D eigenvalue weighted by molar-refractivity contribution is -0.395. The zero-order valence-corrected chi connectivity index (χ0v) is 6.37. The third-order valence-corrected chi connectivity index (χ3v) is 1.80. The van der Waals surface area contributed by atoms with Crippen LogP contribution in [0.5, 0.6) is 0 Å². The van der Waals surface area contributed by atoms with E-state index in [1.54, 1.807) is 13.8 Å². The molecule has 10 heavy (non-hydrogen) atoms. The van der Waals surface area contributed by atoms with Crippen molar-refractivity contribution in [3.63, 3.8) is 0 Å². The van der Waals surface area contributed by atoms with Crippen LogP contribution in [-0.2, 0) is 0 Å². The summed E-state index contributed by atoms with van der Waals surface area (Å²) in [4.78, 5) is 0. The minimum atomic E-state index is -3.03. The molecule has 0 aromatic heterocycles. The summed E-state index contributed by atoms with van der Waals surface area (Å²) in [5, 5.41) is 34.9. The lowest BCUT2D eigenvalue weighted by Crippen LogP contribution is -2.55. The second kappa shape index (κ2) is 2.47. The van der Waals surface area contributed by atoms with Gasteiger partial charge in [-0.15, -0.1) is 0 Å². The van der Waals surface area contributed by atoms with Crippen molar-refractivity contribution in [2.45, 2.75) is 32.3 Å². The van der Waals surface area contributed by atoms with E-state index in [2.05, 4.69) is 0 Å². The summed E-state index contributed by atoms with van der Waals surface area (Å²) in [6.45, 7) is 4.28. The molecule has 4 heteroatoms. The lowest BCUT2D eigenvalue weighted by atomic mass is 9.90. The summed E-state index contributed by atoms with van der Waals surface area (Å²) in [6.07, 6.45) is 0. The van der Waals surface area contributed by atoms with Gasteiger partial charge in [-0.05, 0) is 12.8 Å². The maximum Gasteiger partial charge on any atom is 0.305 e.